The molecule has 19 heavy (non-hydrogen) atoms. The van der Waals surface area contributed by atoms with Gasteiger partial charge in [0.05, 0.1) is 14.2 Å². The molecule has 1 atom stereocenters. The predicted molar refractivity (Wildman–Crippen MR) is 78.6 cm³/mol. The molecule has 0 saturated heterocycles. The van der Waals surface area contributed by atoms with E-state index < -0.39 is 0 Å². The molecule has 0 fully saturated rings. The largest absolute Gasteiger partial charge is 0.497 e. The Morgan fingerprint density at radius 1 is 1.26 bits per heavy atom. The molecule has 0 radical (unpaired) electrons. The Bertz CT molecular complexity index is 446. The van der Waals surface area contributed by atoms with Gasteiger partial charge in [0.15, 0.2) is 0 Å². The summed E-state index contributed by atoms with van der Waals surface area (Å²) in [5, 5.41) is 3.51. The maximum atomic E-state index is 5.44. The van der Waals surface area contributed by atoms with Crippen molar-refractivity contribution in [3.05, 3.63) is 23.8 Å². The zero-order valence-corrected chi connectivity index (χ0v) is 12.2. The van der Waals surface area contributed by atoms with Gasteiger partial charge in [-0.1, -0.05) is 6.92 Å². The van der Waals surface area contributed by atoms with E-state index in [0.717, 1.165) is 36.4 Å². The third-order valence-electron chi connectivity index (χ3n) is 2.94. The molecule has 0 aliphatic carbocycles. The van der Waals surface area contributed by atoms with Gasteiger partial charge in [-0.15, -0.1) is 11.8 Å². The van der Waals surface area contributed by atoms with Gasteiger partial charge < -0.3 is 14.8 Å². The van der Waals surface area contributed by atoms with Gasteiger partial charge in [-0.2, -0.15) is 0 Å². The first kappa shape index (κ1) is 15.4. The molecule has 1 unspecified atom stereocenters. The fourth-order valence-electron chi connectivity index (χ4n) is 1.93. The van der Waals surface area contributed by atoms with Crippen molar-refractivity contribution in [3.63, 3.8) is 0 Å². The second-order valence-electron chi connectivity index (χ2n) is 4.25. The van der Waals surface area contributed by atoms with Crippen LogP contribution >= 0.6 is 0 Å². The second-order valence-corrected chi connectivity index (χ2v) is 4.25. The van der Waals surface area contributed by atoms with Crippen LogP contribution in [-0.4, -0.2) is 20.8 Å². The Balaban J connectivity index is 3.05. The van der Waals surface area contributed by atoms with E-state index in [1.165, 1.54) is 0 Å². The number of rotatable bonds is 7. The first-order valence-corrected chi connectivity index (χ1v) is 6.61. The van der Waals surface area contributed by atoms with Crippen molar-refractivity contribution in [2.75, 3.05) is 20.8 Å². The Labute approximate surface area is 116 Å². The number of benzene rings is 1. The summed E-state index contributed by atoms with van der Waals surface area (Å²) >= 11 is 0. The topological polar surface area (TPSA) is 30.5 Å². The van der Waals surface area contributed by atoms with Crippen LogP contribution in [-0.2, 0) is 0 Å². The molecule has 104 valence electrons. The van der Waals surface area contributed by atoms with Crippen LogP contribution in [0.1, 0.15) is 38.3 Å². The minimum atomic E-state index is 0.164. The molecule has 0 aromatic heterocycles. The molecule has 1 aromatic rings. The van der Waals surface area contributed by atoms with Gasteiger partial charge in [-0.05, 0) is 38.1 Å². The summed E-state index contributed by atoms with van der Waals surface area (Å²) in [5.74, 6) is 7.79. The fraction of sp³-hybridized carbons (Fsp3) is 0.500. The highest BCUT2D eigenvalue weighted by molar-refractivity contribution is 5.42. The first-order chi connectivity index (χ1) is 9.26. The third kappa shape index (κ3) is 4.50. The van der Waals surface area contributed by atoms with Crippen molar-refractivity contribution in [2.45, 2.75) is 32.7 Å². The molecule has 0 spiro atoms. The molecule has 1 aromatic carbocycles. The molecular formula is C16H23NO2. The summed E-state index contributed by atoms with van der Waals surface area (Å²) in [6, 6.07) is 6.03. The number of hydrogen-bond acceptors (Lipinski definition) is 3. The molecule has 0 aliphatic rings. The van der Waals surface area contributed by atoms with Crippen LogP contribution in [0.3, 0.4) is 0 Å². The smallest absolute Gasteiger partial charge is 0.123 e. The summed E-state index contributed by atoms with van der Waals surface area (Å²) in [6.45, 7) is 4.97. The molecule has 3 heteroatoms. The Morgan fingerprint density at radius 2 is 2.05 bits per heavy atom. The molecule has 0 saturated carbocycles. The molecule has 0 heterocycles. The molecule has 3 nitrogen and oxygen atoms in total. The third-order valence-corrected chi connectivity index (χ3v) is 2.94. The molecular weight excluding hydrogens is 238 g/mol. The first-order valence-electron chi connectivity index (χ1n) is 6.61. The van der Waals surface area contributed by atoms with Gasteiger partial charge in [0.25, 0.3) is 0 Å². The molecule has 0 aliphatic heterocycles. The lowest BCUT2D eigenvalue weighted by molar-refractivity contribution is 0.389. The maximum Gasteiger partial charge on any atom is 0.123 e. The quantitative estimate of drug-likeness (QED) is 0.765. The van der Waals surface area contributed by atoms with E-state index in [2.05, 4.69) is 24.1 Å². The minimum Gasteiger partial charge on any atom is -0.497 e. The van der Waals surface area contributed by atoms with Crippen molar-refractivity contribution in [2.24, 2.45) is 0 Å². The monoisotopic (exact) mass is 261 g/mol. The maximum absolute atomic E-state index is 5.44. The van der Waals surface area contributed by atoms with Gasteiger partial charge in [-0.3, -0.25) is 0 Å². The molecule has 0 amide bonds. The van der Waals surface area contributed by atoms with E-state index in [1.54, 1.807) is 14.2 Å². The van der Waals surface area contributed by atoms with Crippen LogP contribution in [0.25, 0.3) is 0 Å². The van der Waals surface area contributed by atoms with E-state index in [0.29, 0.717) is 0 Å². The van der Waals surface area contributed by atoms with Crippen LogP contribution in [0, 0.1) is 11.8 Å². The Hall–Kier alpha value is -1.66. The van der Waals surface area contributed by atoms with Crippen molar-refractivity contribution in [1.82, 2.24) is 5.32 Å². The zero-order valence-electron chi connectivity index (χ0n) is 12.2. The van der Waals surface area contributed by atoms with E-state index in [9.17, 15) is 0 Å². The lowest BCUT2D eigenvalue weighted by Gasteiger charge is -2.20. The summed E-state index contributed by atoms with van der Waals surface area (Å²) in [7, 11) is 3.36. The van der Waals surface area contributed by atoms with Gasteiger partial charge in [0.2, 0.25) is 0 Å². The lowest BCUT2D eigenvalue weighted by Crippen LogP contribution is -2.22. The zero-order chi connectivity index (χ0) is 14.1. The Kier molecular flexibility index (Phi) is 6.84. The van der Waals surface area contributed by atoms with Gasteiger partial charge >= 0.3 is 0 Å². The highest BCUT2D eigenvalue weighted by Crippen LogP contribution is 2.30. The fourth-order valence-corrected chi connectivity index (χ4v) is 1.93. The highest BCUT2D eigenvalue weighted by Gasteiger charge is 2.15. The SMILES string of the molecule is CC#CCC(NCCC)c1cc(OC)ccc1OC. The summed E-state index contributed by atoms with van der Waals surface area (Å²) in [4.78, 5) is 0. The van der Waals surface area contributed by atoms with Crippen molar-refractivity contribution < 1.29 is 9.47 Å². The molecule has 1 rings (SSSR count). The van der Waals surface area contributed by atoms with Crippen LogP contribution in [0.4, 0.5) is 0 Å². The van der Waals surface area contributed by atoms with E-state index in [1.807, 2.05) is 25.1 Å². The highest BCUT2D eigenvalue weighted by atomic mass is 16.5. The molecule has 1 N–H and O–H groups in total. The van der Waals surface area contributed by atoms with Crippen molar-refractivity contribution in [3.8, 4) is 23.3 Å². The van der Waals surface area contributed by atoms with E-state index in [-0.39, 0.29) is 6.04 Å². The predicted octanol–water partition coefficient (Wildman–Crippen LogP) is 3.16. The Morgan fingerprint density at radius 3 is 2.63 bits per heavy atom. The summed E-state index contributed by atoms with van der Waals surface area (Å²) in [6.07, 6.45) is 1.85. The average Bonchev–Trinajstić information content (AvgIpc) is 2.47. The van der Waals surface area contributed by atoms with E-state index >= 15 is 0 Å². The lowest BCUT2D eigenvalue weighted by atomic mass is 10.0. The molecule has 0 bridgehead atoms. The van der Waals surface area contributed by atoms with Crippen LogP contribution in [0.5, 0.6) is 11.5 Å². The van der Waals surface area contributed by atoms with Gasteiger partial charge in [-0.25, -0.2) is 0 Å². The number of hydrogen-bond donors (Lipinski definition) is 1. The number of nitrogens with one attached hydrogen (secondary N) is 1. The van der Waals surface area contributed by atoms with Crippen molar-refractivity contribution >= 4 is 0 Å². The van der Waals surface area contributed by atoms with Crippen LogP contribution < -0.4 is 14.8 Å². The van der Waals surface area contributed by atoms with Gasteiger partial charge in [0.1, 0.15) is 11.5 Å². The van der Waals surface area contributed by atoms with Crippen LogP contribution in [0.15, 0.2) is 18.2 Å². The van der Waals surface area contributed by atoms with E-state index in [4.69, 9.17) is 9.47 Å². The minimum absolute atomic E-state index is 0.164. The van der Waals surface area contributed by atoms with Gasteiger partial charge in [0, 0.05) is 18.0 Å². The van der Waals surface area contributed by atoms with Crippen molar-refractivity contribution in [1.29, 1.82) is 0 Å². The second kappa shape index (κ2) is 8.44. The normalized spacial score (nSPS) is 11.4. The van der Waals surface area contributed by atoms with Crippen LogP contribution in [0.2, 0.25) is 0 Å². The summed E-state index contributed by atoms with van der Waals surface area (Å²) in [5.41, 5.74) is 1.10. The number of ether oxygens (including phenoxy) is 2. The summed E-state index contributed by atoms with van der Waals surface area (Å²) < 4.78 is 10.7. The standard InChI is InChI=1S/C16H23NO2/c1-5-7-8-15(17-11-6-2)14-12-13(18-3)9-10-16(14)19-4/h9-10,12,15,17H,6,8,11H2,1-4H3. The number of methoxy groups -OCH3 is 2. The average molecular weight is 261 g/mol.